The minimum absolute atomic E-state index is 0.349. The molecule has 1 aliphatic heterocycles. The van der Waals surface area contributed by atoms with Gasteiger partial charge in [0.15, 0.2) is 11.5 Å². The standard InChI is InChI=1S/C15H22ClNO2/c1-10(2)14-11(5-3-6-17)12(16)9-13-15(14)19-8-4-7-18-13/h9-10H,3-8,17H2,1-2H3. The molecule has 0 atom stereocenters. The van der Waals surface area contributed by atoms with Gasteiger partial charge in [0.25, 0.3) is 0 Å². The Balaban J connectivity index is 2.50. The molecule has 19 heavy (non-hydrogen) atoms. The van der Waals surface area contributed by atoms with Crippen molar-refractivity contribution in [2.75, 3.05) is 19.8 Å². The van der Waals surface area contributed by atoms with E-state index in [4.69, 9.17) is 26.8 Å². The maximum absolute atomic E-state index is 6.42. The highest BCUT2D eigenvalue weighted by Gasteiger charge is 2.23. The first-order valence-corrected chi connectivity index (χ1v) is 7.34. The van der Waals surface area contributed by atoms with E-state index in [9.17, 15) is 0 Å². The average molecular weight is 284 g/mol. The van der Waals surface area contributed by atoms with Gasteiger partial charge in [-0.15, -0.1) is 0 Å². The second kappa shape index (κ2) is 6.49. The third-order valence-corrected chi connectivity index (χ3v) is 3.68. The lowest BCUT2D eigenvalue weighted by Crippen LogP contribution is -2.07. The molecular weight excluding hydrogens is 262 g/mol. The van der Waals surface area contributed by atoms with Gasteiger partial charge >= 0.3 is 0 Å². The van der Waals surface area contributed by atoms with Crippen molar-refractivity contribution in [1.82, 2.24) is 0 Å². The first kappa shape index (κ1) is 14.5. The van der Waals surface area contributed by atoms with Crippen molar-refractivity contribution >= 4 is 11.6 Å². The number of hydrogen-bond acceptors (Lipinski definition) is 3. The highest BCUT2D eigenvalue weighted by atomic mass is 35.5. The van der Waals surface area contributed by atoms with Crippen molar-refractivity contribution in [2.24, 2.45) is 5.73 Å². The fraction of sp³-hybridized carbons (Fsp3) is 0.600. The van der Waals surface area contributed by atoms with E-state index >= 15 is 0 Å². The monoisotopic (exact) mass is 283 g/mol. The smallest absolute Gasteiger partial charge is 0.164 e. The molecule has 106 valence electrons. The lowest BCUT2D eigenvalue weighted by atomic mass is 9.92. The topological polar surface area (TPSA) is 44.5 Å². The maximum Gasteiger partial charge on any atom is 0.164 e. The highest BCUT2D eigenvalue weighted by molar-refractivity contribution is 6.31. The molecule has 1 aromatic carbocycles. The minimum atomic E-state index is 0.349. The summed E-state index contributed by atoms with van der Waals surface area (Å²) in [6.07, 6.45) is 2.72. The summed E-state index contributed by atoms with van der Waals surface area (Å²) in [6, 6.07) is 1.89. The zero-order valence-electron chi connectivity index (χ0n) is 11.7. The number of fused-ring (bicyclic) bond motifs is 1. The van der Waals surface area contributed by atoms with Gasteiger partial charge in [-0.25, -0.2) is 0 Å². The molecule has 0 saturated carbocycles. The third kappa shape index (κ3) is 3.15. The van der Waals surface area contributed by atoms with E-state index in [0.29, 0.717) is 25.7 Å². The van der Waals surface area contributed by atoms with Crippen LogP contribution in [0, 0.1) is 0 Å². The van der Waals surface area contributed by atoms with Gasteiger partial charge in [-0.1, -0.05) is 25.4 Å². The van der Waals surface area contributed by atoms with Crippen molar-refractivity contribution in [3.63, 3.8) is 0 Å². The molecule has 0 bridgehead atoms. The van der Waals surface area contributed by atoms with Crippen LogP contribution in [0.25, 0.3) is 0 Å². The Morgan fingerprint density at radius 2 is 2.05 bits per heavy atom. The molecule has 0 radical (unpaired) electrons. The second-order valence-corrected chi connectivity index (χ2v) is 5.58. The molecule has 1 aromatic rings. The number of ether oxygens (including phenoxy) is 2. The number of nitrogens with two attached hydrogens (primary N) is 1. The summed E-state index contributed by atoms with van der Waals surface area (Å²) in [5, 5.41) is 0.765. The zero-order chi connectivity index (χ0) is 13.8. The van der Waals surface area contributed by atoms with Gasteiger partial charge in [0, 0.05) is 23.1 Å². The van der Waals surface area contributed by atoms with Gasteiger partial charge in [0.05, 0.1) is 13.2 Å². The Bertz CT molecular complexity index is 446. The molecule has 0 unspecified atom stereocenters. The number of hydrogen-bond donors (Lipinski definition) is 1. The molecule has 1 heterocycles. The van der Waals surface area contributed by atoms with Gasteiger partial charge in [-0.3, -0.25) is 0 Å². The van der Waals surface area contributed by atoms with Gasteiger partial charge in [-0.2, -0.15) is 0 Å². The van der Waals surface area contributed by atoms with Crippen molar-refractivity contribution in [1.29, 1.82) is 0 Å². The van der Waals surface area contributed by atoms with Crippen molar-refractivity contribution < 1.29 is 9.47 Å². The van der Waals surface area contributed by atoms with E-state index in [2.05, 4.69) is 13.8 Å². The SMILES string of the molecule is CC(C)c1c(CCCN)c(Cl)cc2c1OCCCO2. The fourth-order valence-electron chi connectivity index (χ4n) is 2.48. The average Bonchev–Trinajstić information content (AvgIpc) is 2.60. The van der Waals surface area contributed by atoms with E-state index in [1.165, 1.54) is 5.56 Å². The third-order valence-electron chi connectivity index (χ3n) is 3.34. The molecule has 0 saturated heterocycles. The van der Waals surface area contributed by atoms with Crippen molar-refractivity contribution in [3.8, 4) is 11.5 Å². The molecular formula is C15H22ClNO2. The molecule has 3 nitrogen and oxygen atoms in total. The maximum atomic E-state index is 6.42. The largest absolute Gasteiger partial charge is 0.489 e. The lowest BCUT2D eigenvalue weighted by Gasteiger charge is -2.20. The van der Waals surface area contributed by atoms with Crippen LogP contribution in [0.15, 0.2) is 6.07 Å². The molecule has 2 rings (SSSR count). The first-order valence-electron chi connectivity index (χ1n) is 6.96. The normalized spacial score (nSPS) is 14.6. The molecule has 0 aliphatic carbocycles. The van der Waals surface area contributed by atoms with Crippen LogP contribution in [0.2, 0.25) is 5.02 Å². The summed E-state index contributed by atoms with van der Waals surface area (Å²) in [5.74, 6) is 2.01. The molecule has 4 heteroatoms. The van der Waals surface area contributed by atoms with E-state index in [-0.39, 0.29) is 0 Å². The zero-order valence-corrected chi connectivity index (χ0v) is 12.4. The highest BCUT2D eigenvalue weighted by Crippen LogP contribution is 2.43. The van der Waals surface area contributed by atoms with E-state index < -0.39 is 0 Å². The summed E-state index contributed by atoms with van der Waals surface area (Å²) in [5.41, 5.74) is 7.95. The van der Waals surface area contributed by atoms with Crippen LogP contribution >= 0.6 is 11.6 Å². The Morgan fingerprint density at radius 1 is 1.32 bits per heavy atom. The van der Waals surface area contributed by atoms with Gasteiger partial charge in [0.2, 0.25) is 0 Å². The summed E-state index contributed by atoms with van der Waals surface area (Å²) >= 11 is 6.42. The summed E-state index contributed by atoms with van der Waals surface area (Å²) in [4.78, 5) is 0. The first-order chi connectivity index (χ1) is 9.15. The summed E-state index contributed by atoms with van der Waals surface area (Å²) < 4.78 is 11.6. The Morgan fingerprint density at radius 3 is 2.74 bits per heavy atom. The van der Waals surface area contributed by atoms with E-state index in [0.717, 1.165) is 41.3 Å². The predicted octanol–water partition coefficient (Wildman–Crippen LogP) is 3.52. The van der Waals surface area contributed by atoms with Crippen molar-refractivity contribution in [3.05, 3.63) is 22.2 Å². The molecule has 1 aliphatic rings. The van der Waals surface area contributed by atoms with Crippen LogP contribution in [-0.4, -0.2) is 19.8 Å². The van der Waals surface area contributed by atoms with Gasteiger partial charge < -0.3 is 15.2 Å². The molecule has 2 N–H and O–H groups in total. The van der Waals surface area contributed by atoms with E-state index in [1.54, 1.807) is 0 Å². The predicted molar refractivity (Wildman–Crippen MR) is 78.5 cm³/mol. The van der Waals surface area contributed by atoms with Crippen LogP contribution < -0.4 is 15.2 Å². The Labute approximate surface area is 120 Å². The number of rotatable bonds is 4. The fourth-order valence-corrected chi connectivity index (χ4v) is 2.78. The second-order valence-electron chi connectivity index (χ2n) is 5.18. The summed E-state index contributed by atoms with van der Waals surface area (Å²) in [7, 11) is 0. The minimum Gasteiger partial charge on any atom is -0.489 e. The van der Waals surface area contributed by atoms with Crippen molar-refractivity contribution in [2.45, 2.75) is 39.0 Å². The van der Waals surface area contributed by atoms with Crippen LogP contribution in [0.1, 0.15) is 43.7 Å². The Hall–Kier alpha value is -0.930. The summed E-state index contributed by atoms with van der Waals surface area (Å²) in [6.45, 7) is 6.37. The number of benzene rings is 1. The van der Waals surface area contributed by atoms with Crippen LogP contribution in [0.3, 0.4) is 0 Å². The lowest BCUT2D eigenvalue weighted by molar-refractivity contribution is 0.295. The quantitative estimate of drug-likeness (QED) is 0.919. The molecule has 0 aromatic heterocycles. The number of halogens is 1. The van der Waals surface area contributed by atoms with E-state index in [1.807, 2.05) is 6.07 Å². The molecule has 0 fully saturated rings. The molecule has 0 amide bonds. The van der Waals surface area contributed by atoms with Crippen LogP contribution in [0.5, 0.6) is 11.5 Å². The Kier molecular flexibility index (Phi) is 4.94. The van der Waals surface area contributed by atoms with Gasteiger partial charge in [0.1, 0.15) is 0 Å². The van der Waals surface area contributed by atoms with Gasteiger partial charge in [-0.05, 0) is 30.9 Å². The molecule has 0 spiro atoms. The van der Waals surface area contributed by atoms with Crippen LogP contribution in [0.4, 0.5) is 0 Å². The van der Waals surface area contributed by atoms with Crippen LogP contribution in [-0.2, 0) is 6.42 Å².